The van der Waals surface area contributed by atoms with Gasteiger partial charge in [-0.3, -0.25) is 24.1 Å². The molecule has 1 aromatic carbocycles. The van der Waals surface area contributed by atoms with E-state index in [1.165, 1.54) is 30.5 Å². The molecule has 40 heavy (non-hydrogen) atoms. The van der Waals surface area contributed by atoms with Crippen LogP contribution >= 0.6 is 11.6 Å². The molecule has 3 heterocycles. The number of carbonyl (C=O) groups is 1. The number of rotatable bonds is 6. The van der Waals surface area contributed by atoms with Gasteiger partial charge in [-0.05, 0) is 85.9 Å². The molecule has 2 atom stereocenters. The SMILES string of the molecule is Cc1cnc(-c2cccc(C(=O)NC3CC3)c2F)c(F)c1-n1c(C)cc([C@@H]2CC2c2cncc(F)c2)c(Cl)c1=O. The molecule has 2 fully saturated rings. The number of benzene rings is 1. The van der Waals surface area contributed by atoms with Gasteiger partial charge >= 0.3 is 0 Å². The first-order valence-corrected chi connectivity index (χ1v) is 13.3. The molecule has 2 aliphatic rings. The summed E-state index contributed by atoms with van der Waals surface area (Å²) in [5, 5.41) is 2.67. The van der Waals surface area contributed by atoms with E-state index in [0.29, 0.717) is 23.2 Å². The highest BCUT2D eigenvalue weighted by Crippen LogP contribution is 2.55. The fourth-order valence-electron chi connectivity index (χ4n) is 5.23. The number of amides is 1. The maximum absolute atomic E-state index is 16.1. The van der Waals surface area contributed by atoms with Gasteiger partial charge in [0.15, 0.2) is 5.82 Å². The predicted molar refractivity (Wildman–Crippen MR) is 144 cm³/mol. The summed E-state index contributed by atoms with van der Waals surface area (Å²) in [6.07, 6.45) is 6.42. The molecule has 2 saturated carbocycles. The average Bonchev–Trinajstić information content (AvgIpc) is 3.85. The van der Waals surface area contributed by atoms with Crippen LogP contribution in [-0.2, 0) is 0 Å². The molecule has 0 spiro atoms. The number of pyridine rings is 3. The van der Waals surface area contributed by atoms with E-state index < -0.39 is 28.9 Å². The van der Waals surface area contributed by atoms with Crippen molar-refractivity contribution in [1.29, 1.82) is 0 Å². The molecule has 204 valence electrons. The molecule has 2 aliphatic carbocycles. The highest BCUT2D eigenvalue weighted by atomic mass is 35.5. The van der Waals surface area contributed by atoms with Gasteiger partial charge in [-0.2, -0.15) is 0 Å². The van der Waals surface area contributed by atoms with Gasteiger partial charge in [0.05, 0.1) is 17.4 Å². The molecule has 1 unspecified atom stereocenters. The summed E-state index contributed by atoms with van der Waals surface area (Å²) in [5.74, 6) is -2.96. The predicted octanol–water partition coefficient (Wildman–Crippen LogP) is 6.15. The number of carbonyl (C=O) groups excluding carboxylic acids is 1. The van der Waals surface area contributed by atoms with Crippen molar-refractivity contribution in [2.45, 2.75) is 51.0 Å². The minimum Gasteiger partial charge on any atom is -0.349 e. The van der Waals surface area contributed by atoms with Crippen molar-refractivity contribution < 1.29 is 18.0 Å². The van der Waals surface area contributed by atoms with Crippen LogP contribution in [-0.4, -0.2) is 26.5 Å². The average molecular weight is 565 g/mol. The van der Waals surface area contributed by atoms with E-state index >= 15 is 8.78 Å². The fourth-order valence-corrected chi connectivity index (χ4v) is 5.51. The van der Waals surface area contributed by atoms with Crippen LogP contribution in [0.5, 0.6) is 0 Å². The molecular weight excluding hydrogens is 541 g/mol. The number of hydrogen-bond donors (Lipinski definition) is 1. The molecule has 4 aromatic rings. The lowest BCUT2D eigenvalue weighted by Crippen LogP contribution is -2.26. The van der Waals surface area contributed by atoms with Crippen molar-refractivity contribution in [2.75, 3.05) is 0 Å². The molecular formula is C30H24ClF3N4O2. The van der Waals surface area contributed by atoms with Crippen LogP contribution in [0.25, 0.3) is 16.9 Å². The van der Waals surface area contributed by atoms with Crippen molar-refractivity contribution in [3.05, 3.63) is 110 Å². The Labute approximate surface area is 232 Å². The first kappa shape index (κ1) is 26.3. The first-order chi connectivity index (χ1) is 19.2. The molecule has 0 bridgehead atoms. The number of aryl methyl sites for hydroxylation is 2. The van der Waals surface area contributed by atoms with Gasteiger partial charge in [0.1, 0.15) is 22.4 Å². The molecule has 0 saturated heterocycles. The molecule has 1 amide bonds. The van der Waals surface area contributed by atoms with Gasteiger partial charge in [0, 0.05) is 29.7 Å². The largest absolute Gasteiger partial charge is 0.349 e. The first-order valence-electron chi connectivity index (χ1n) is 12.9. The molecule has 10 heteroatoms. The molecule has 6 rings (SSSR count). The highest BCUT2D eigenvalue weighted by molar-refractivity contribution is 6.31. The van der Waals surface area contributed by atoms with Gasteiger partial charge in [-0.25, -0.2) is 13.2 Å². The van der Waals surface area contributed by atoms with Crippen LogP contribution in [0, 0.1) is 31.3 Å². The third-order valence-corrected chi connectivity index (χ3v) is 7.90. The minimum atomic E-state index is -0.914. The highest BCUT2D eigenvalue weighted by Gasteiger charge is 2.42. The second-order valence-corrected chi connectivity index (χ2v) is 10.8. The Morgan fingerprint density at radius 3 is 2.55 bits per heavy atom. The van der Waals surface area contributed by atoms with E-state index in [9.17, 15) is 14.0 Å². The van der Waals surface area contributed by atoms with Gasteiger partial charge in [-0.1, -0.05) is 17.7 Å². The standard InChI is InChI=1S/C30H24ClF3N4O2/c1-14-11-36-27(19-4-3-5-20(25(19)33)29(39)37-18-6-7-18)26(34)28(14)38-15(2)8-23(24(31)30(38)40)22-10-21(22)16-9-17(32)13-35-12-16/h3-5,8-9,11-13,18,21-22H,6-7,10H2,1-2H3,(H,37,39)/t21?,22-/m1/s1. The van der Waals surface area contributed by atoms with Crippen molar-refractivity contribution in [3.8, 4) is 16.9 Å². The van der Waals surface area contributed by atoms with Gasteiger partial charge < -0.3 is 5.32 Å². The van der Waals surface area contributed by atoms with E-state index in [4.69, 9.17) is 11.6 Å². The topological polar surface area (TPSA) is 76.9 Å². The molecule has 3 aromatic heterocycles. The van der Waals surface area contributed by atoms with Crippen LogP contribution in [0.15, 0.2) is 53.7 Å². The Morgan fingerprint density at radius 2 is 1.82 bits per heavy atom. The summed E-state index contributed by atoms with van der Waals surface area (Å²) in [6, 6.07) is 7.31. The minimum absolute atomic E-state index is 0.0235. The fraction of sp³-hybridized carbons (Fsp3) is 0.267. The summed E-state index contributed by atoms with van der Waals surface area (Å²) in [6.45, 7) is 3.25. The van der Waals surface area contributed by atoms with Crippen LogP contribution in [0.4, 0.5) is 13.2 Å². The third kappa shape index (κ3) is 4.58. The van der Waals surface area contributed by atoms with E-state index in [2.05, 4.69) is 15.3 Å². The molecule has 0 aliphatic heterocycles. The summed E-state index contributed by atoms with van der Waals surface area (Å²) in [5.41, 5.74) is 0.624. The Hall–Kier alpha value is -3.98. The molecule has 0 radical (unpaired) electrons. The zero-order valence-electron chi connectivity index (χ0n) is 21.6. The maximum atomic E-state index is 16.1. The number of nitrogens with zero attached hydrogens (tertiary/aromatic N) is 3. The van der Waals surface area contributed by atoms with Crippen LogP contribution in [0.2, 0.25) is 5.02 Å². The Balaban J connectivity index is 1.40. The summed E-state index contributed by atoms with van der Waals surface area (Å²) in [4.78, 5) is 34.1. The maximum Gasteiger partial charge on any atom is 0.274 e. The van der Waals surface area contributed by atoms with Gasteiger partial charge in [-0.15, -0.1) is 0 Å². The molecule has 1 N–H and O–H groups in total. The van der Waals surface area contributed by atoms with Crippen LogP contribution in [0.1, 0.15) is 63.8 Å². The number of nitrogens with one attached hydrogen (secondary N) is 1. The Kier molecular flexibility index (Phi) is 6.49. The van der Waals surface area contributed by atoms with E-state index in [0.717, 1.165) is 29.2 Å². The third-order valence-electron chi connectivity index (χ3n) is 7.52. The van der Waals surface area contributed by atoms with Crippen molar-refractivity contribution >= 4 is 17.5 Å². The normalized spacial score (nSPS) is 18.1. The Morgan fingerprint density at radius 1 is 1.05 bits per heavy atom. The van der Waals surface area contributed by atoms with Crippen molar-refractivity contribution in [1.82, 2.24) is 19.9 Å². The number of hydrogen-bond acceptors (Lipinski definition) is 4. The van der Waals surface area contributed by atoms with Gasteiger partial charge in [0.2, 0.25) is 0 Å². The second kappa shape index (κ2) is 9.89. The monoisotopic (exact) mass is 564 g/mol. The smallest absolute Gasteiger partial charge is 0.274 e. The second-order valence-electron chi connectivity index (χ2n) is 10.4. The quantitative estimate of drug-likeness (QED) is 0.305. The lowest BCUT2D eigenvalue weighted by atomic mass is 10.0. The molecule has 6 nitrogen and oxygen atoms in total. The van der Waals surface area contributed by atoms with Crippen LogP contribution < -0.4 is 10.9 Å². The summed E-state index contributed by atoms with van der Waals surface area (Å²) < 4.78 is 46.5. The zero-order valence-corrected chi connectivity index (χ0v) is 22.4. The summed E-state index contributed by atoms with van der Waals surface area (Å²) >= 11 is 6.56. The van der Waals surface area contributed by atoms with E-state index in [-0.39, 0.29) is 45.4 Å². The Bertz CT molecular complexity index is 1750. The zero-order chi connectivity index (χ0) is 28.3. The lowest BCUT2D eigenvalue weighted by molar-refractivity contribution is 0.0947. The van der Waals surface area contributed by atoms with Crippen molar-refractivity contribution in [2.24, 2.45) is 0 Å². The van der Waals surface area contributed by atoms with Gasteiger partial charge in [0.25, 0.3) is 11.5 Å². The van der Waals surface area contributed by atoms with E-state index in [1.54, 1.807) is 26.1 Å². The lowest BCUT2D eigenvalue weighted by Gasteiger charge is -2.18. The summed E-state index contributed by atoms with van der Waals surface area (Å²) in [7, 11) is 0. The van der Waals surface area contributed by atoms with E-state index in [1.807, 2.05) is 0 Å². The van der Waals surface area contributed by atoms with Crippen molar-refractivity contribution in [3.63, 3.8) is 0 Å². The number of halogens is 4. The number of aromatic nitrogens is 3. The van der Waals surface area contributed by atoms with Crippen LogP contribution in [0.3, 0.4) is 0 Å².